The summed E-state index contributed by atoms with van der Waals surface area (Å²) in [6.45, 7) is 0.427. The molecular weight excluding hydrogens is 406 g/mol. The van der Waals surface area contributed by atoms with Crippen LogP contribution in [0.1, 0.15) is 11.1 Å². The first kappa shape index (κ1) is 19.3. The van der Waals surface area contributed by atoms with Crippen molar-refractivity contribution < 1.29 is 0 Å². The van der Waals surface area contributed by atoms with Crippen LogP contribution in [0, 0.1) is 0 Å². The second-order valence-corrected chi connectivity index (χ2v) is 8.02. The molecule has 2 aromatic carbocycles. The molecule has 5 rings (SSSR count). The topological polar surface area (TPSA) is 65.6 Å². The first-order valence-corrected chi connectivity index (χ1v) is 10.9. The predicted octanol–water partition coefficient (Wildman–Crippen LogP) is 4.32. The lowest BCUT2D eigenvalue weighted by Gasteiger charge is -2.13. The van der Waals surface area contributed by atoms with Crippen LogP contribution in [0.15, 0.2) is 101 Å². The van der Waals surface area contributed by atoms with E-state index in [1.54, 1.807) is 17.0 Å². The minimum absolute atomic E-state index is 0.0445. The lowest BCUT2D eigenvalue weighted by atomic mass is 10.2. The van der Waals surface area contributed by atoms with Gasteiger partial charge in [0, 0.05) is 29.9 Å². The number of rotatable bonds is 6. The zero-order chi connectivity index (χ0) is 21.0. The molecule has 3 heterocycles. The summed E-state index contributed by atoms with van der Waals surface area (Å²) in [5, 5.41) is 5.76. The molecule has 0 amide bonds. The zero-order valence-corrected chi connectivity index (χ0v) is 17.4. The van der Waals surface area contributed by atoms with Crippen LogP contribution in [0.25, 0.3) is 16.6 Å². The molecule has 0 radical (unpaired) electrons. The molecule has 31 heavy (non-hydrogen) atoms. The second-order valence-electron chi connectivity index (χ2n) is 7.08. The van der Waals surface area contributed by atoms with Gasteiger partial charge in [-0.15, -0.1) is 0 Å². The van der Waals surface area contributed by atoms with Gasteiger partial charge in [-0.3, -0.25) is 14.3 Å². The number of nitrogens with zero attached hydrogens (tertiary/aromatic N) is 5. The van der Waals surface area contributed by atoms with Crippen molar-refractivity contribution in [3.05, 3.63) is 113 Å². The zero-order valence-electron chi connectivity index (χ0n) is 16.6. The summed E-state index contributed by atoms with van der Waals surface area (Å²) in [7, 11) is 0. The maximum Gasteiger partial charge on any atom is 0.262 e. The number of thioether (sulfide) groups is 1. The quantitative estimate of drug-likeness (QED) is 0.299. The molecule has 3 aromatic heterocycles. The lowest BCUT2D eigenvalue weighted by Crippen LogP contribution is -2.24. The standard InChI is InChI=1S/C24H19N5OS/c30-23-21-10-4-5-11-22(21)27-24(28(23)15-18-7-6-12-25-13-18)31-17-19-14-26-29(16-19)20-8-2-1-3-9-20/h1-14,16H,15,17H2. The van der Waals surface area contributed by atoms with Crippen LogP contribution < -0.4 is 5.56 Å². The van der Waals surface area contributed by atoms with Crippen molar-refractivity contribution >= 4 is 22.7 Å². The van der Waals surface area contributed by atoms with Gasteiger partial charge in [-0.1, -0.05) is 48.2 Å². The van der Waals surface area contributed by atoms with Crippen molar-refractivity contribution in [3.8, 4) is 5.69 Å². The number of fused-ring (bicyclic) bond motifs is 1. The highest BCUT2D eigenvalue weighted by molar-refractivity contribution is 7.98. The van der Waals surface area contributed by atoms with Crippen LogP contribution in [0.3, 0.4) is 0 Å². The van der Waals surface area contributed by atoms with Gasteiger partial charge in [0.1, 0.15) is 0 Å². The fourth-order valence-electron chi connectivity index (χ4n) is 3.38. The average molecular weight is 426 g/mol. The molecule has 6 nitrogen and oxygen atoms in total. The Kier molecular flexibility index (Phi) is 5.33. The molecule has 0 atom stereocenters. The number of hydrogen-bond acceptors (Lipinski definition) is 5. The largest absolute Gasteiger partial charge is 0.283 e. The molecule has 152 valence electrons. The third-order valence-corrected chi connectivity index (χ3v) is 5.96. The Labute approximate surface area is 183 Å². The van der Waals surface area contributed by atoms with E-state index < -0.39 is 0 Å². The van der Waals surface area contributed by atoms with Crippen molar-refractivity contribution in [2.24, 2.45) is 0 Å². The maximum atomic E-state index is 13.2. The molecule has 0 saturated carbocycles. The Balaban J connectivity index is 1.47. The van der Waals surface area contributed by atoms with Crippen molar-refractivity contribution in [1.29, 1.82) is 0 Å². The third-order valence-electron chi connectivity index (χ3n) is 4.91. The molecule has 5 aromatic rings. The minimum Gasteiger partial charge on any atom is -0.283 e. The Morgan fingerprint density at radius 3 is 2.55 bits per heavy atom. The van der Waals surface area contributed by atoms with Crippen molar-refractivity contribution in [3.63, 3.8) is 0 Å². The van der Waals surface area contributed by atoms with Gasteiger partial charge in [0.25, 0.3) is 5.56 Å². The van der Waals surface area contributed by atoms with Crippen molar-refractivity contribution in [2.75, 3.05) is 0 Å². The van der Waals surface area contributed by atoms with Gasteiger partial charge in [0.2, 0.25) is 0 Å². The van der Waals surface area contributed by atoms with Gasteiger partial charge in [-0.2, -0.15) is 5.10 Å². The Hall–Kier alpha value is -3.71. The molecule has 0 aliphatic rings. The fourth-order valence-corrected chi connectivity index (χ4v) is 4.29. The molecule has 0 saturated heterocycles. The van der Waals surface area contributed by atoms with Crippen LogP contribution in [0.2, 0.25) is 0 Å². The van der Waals surface area contributed by atoms with E-state index in [1.807, 2.05) is 83.8 Å². The van der Waals surface area contributed by atoms with Gasteiger partial charge >= 0.3 is 0 Å². The van der Waals surface area contributed by atoms with E-state index in [0.717, 1.165) is 16.8 Å². The lowest BCUT2D eigenvalue weighted by molar-refractivity contribution is 0.656. The summed E-state index contributed by atoms with van der Waals surface area (Å²) in [6, 6.07) is 21.3. The first-order valence-electron chi connectivity index (χ1n) is 9.88. The number of para-hydroxylation sites is 2. The van der Waals surface area contributed by atoms with E-state index >= 15 is 0 Å². The Morgan fingerprint density at radius 1 is 0.871 bits per heavy atom. The molecule has 0 aliphatic heterocycles. The van der Waals surface area contributed by atoms with Gasteiger partial charge < -0.3 is 0 Å². The monoisotopic (exact) mass is 425 g/mol. The summed E-state index contributed by atoms with van der Waals surface area (Å²) in [4.78, 5) is 22.2. The smallest absolute Gasteiger partial charge is 0.262 e. The molecule has 0 fully saturated rings. The van der Waals surface area contributed by atoms with Crippen LogP contribution in [0.5, 0.6) is 0 Å². The third kappa shape index (κ3) is 4.13. The van der Waals surface area contributed by atoms with Crippen LogP contribution in [-0.4, -0.2) is 24.3 Å². The van der Waals surface area contributed by atoms with Gasteiger partial charge in [0.05, 0.1) is 29.3 Å². The highest BCUT2D eigenvalue weighted by Crippen LogP contribution is 2.23. The molecule has 0 N–H and O–H groups in total. The number of aromatic nitrogens is 5. The SMILES string of the molecule is O=c1c2ccccc2nc(SCc2cnn(-c3ccccc3)c2)n1Cc1cccnc1. The van der Waals surface area contributed by atoms with Crippen molar-refractivity contribution in [2.45, 2.75) is 17.5 Å². The van der Waals surface area contributed by atoms with Crippen LogP contribution in [0.4, 0.5) is 0 Å². The molecule has 0 aliphatic carbocycles. The predicted molar refractivity (Wildman–Crippen MR) is 122 cm³/mol. The Morgan fingerprint density at radius 2 is 1.71 bits per heavy atom. The number of benzene rings is 2. The average Bonchev–Trinajstić information content (AvgIpc) is 3.30. The summed E-state index contributed by atoms with van der Waals surface area (Å²) >= 11 is 1.54. The number of hydrogen-bond donors (Lipinski definition) is 0. The summed E-state index contributed by atoms with van der Waals surface area (Å²) < 4.78 is 3.58. The fraction of sp³-hybridized carbons (Fsp3) is 0.0833. The van der Waals surface area contributed by atoms with E-state index in [4.69, 9.17) is 4.98 Å². The molecule has 0 bridgehead atoms. The summed E-state index contributed by atoms with van der Waals surface area (Å²) in [6.07, 6.45) is 7.36. The minimum atomic E-state index is -0.0445. The Bertz CT molecular complexity index is 1380. The highest BCUT2D eigenvalue weighted by Gasteiger charge is 2.13. The van der Waals surface area contributed by atoms with E-state index in [0.29, 0.717) is 28.4 Å². The van der Waals surface area contributed by atoms with E-state index in [-0.39, 0.29) is 5.56 Å². The summed E-state index contributed by atoms with van der Waals surface area (Å²) in [5.74, 6) is 0.657. The highest BCUT2D eigenvalue weighted by atomic mass is 32.2. The van der Waals surface area contributed by atoms with Gasteiger partial charge in [-0.25, -0.2) is 9.67 Å². The molecule has 7 heteroatoms. The molecular formula is C24H19N5OS. The van der Waals surface area contributed by atoms with E-state index in [1.165, 1.54) is 11.8 Å². The molecule has 0 unspecified atom stereocenters. The first-order chi connectivity index (χ1) is 15.3. The van der Waals surface area contributed by atoms with Gasteiger partial charge in [-0.05, 0) is 35.9 Å². The van der Waals surface area contributed by atoms with E-state index in [9.17, 15) is 4.79 Å². The van der Waals surface area contributed by atoms with Crippen LogP contribution >= 0.6 is 11.8 Å². The van der Waals surface area contributed by atoms with Crippen LogP contribution in [-0.2, 0) is 12.3 Å². The number of pyridine rings is 1. The summed E-state index contributed by atoms with van der Waals surface area (Å²) in [5.41, 5.74) is 3.69. The van der Waals surface area contributed by atoms with Gasteiger partial charge in [0.15, 0.2) is 5.16 Å². The second kappa shape index (κ2) is 8.57. The maximum absolute atomic E-state index is 13.2. The van der Waals surface area contributed by atoms with E-state index in [2.05, 4.69) is 10.1 Å². The van der Waals surface area contributed by atoms with Crippen molar-refractivity contribution in [1.82, 2.24) is 24.3 Å². The molecule has 0 spiro atoms. The normalized spacial score (nSPS) is 11.1.